The SMILES string of the molecule is CCC1CN(C(=O)CN(C)C)CCC(=O)N1Cc1ccccc1. The van der Waals surface area contributed by atoms with Crippen molar-refractivity contribution in [3.63, 3.8) is 0 Å². The van der Waals surface area contributed by atoms with Gasteiger partial charge in [-0.3, -0.25) is 9.59 Å². The van der Waals surface area contributed by atoms with Gasteiger partial charge in [0.25, 0.3) is 0 Å². The fraction of sp³-hybridized carbons (Fsp3) is 0.556. The van der Waals surface area contributed by atoms with Gasteiger partial charge in [0, 0.05) is 32.1 Å². The smallest absolute Gasteiger partial charge is 0.236 e. The normalized spacial score (nSPS) is 19.1. The van der Waals surface area contributed by atoms with E-state index in [1.807, 2.05) is 59.1 Å². The van der Waals surface area contributed by atoms with Crippen LogP contribution in [0.4, 0.5) is 0 Å². The second kappa shape index (κ2) is 8.11. The van der Waals surface area contributed by atoms with Crippen molar-refractivity contribution in [2.24, 2.45) is 0 Å². The van der Waals surface area contributed by atoms with Crippen molar-refractivity contribution in [3.05, 3.63) is 35.9 Å². The number of carbonyl (C=O) groups is 2. The Morgan fingerprint density at radius 2 is 1.96 bits per heavy atom. The number of rotatable bonds is 5. The first-order valence-electron chi connectivity index (χ1n) is 8.27. The molecule has 0 aromatic heterocycles. The van der Waals surface area contributed by atoms with E-state index < -0.39 is 0 Å². The van der Waals surface area contributed by atoms with Gasteiger partial charge in [-0.1, -0.05) is 37.3 Å². The highest BCUT2D eigenvalue weighted by atomic mass is 16.2. The zero-order valence-corrected chi connectivity index (χ0v) is 14.4. The van der Waals surface area contributed by atoms with Gasteiger partial charge < -0.3 is 14.7 Å². The molecule has 0 bridgehead atoms. The summed E-state index contributed by atoms with van der Waals surface area (Å²) >= 11 is 0. The molecule has 0 spiro atoms. The maximum absolute atomic E-state index is 12.6. The number of hydrogen-bond donors (Lipinski definition) is 0. The Morgan fingerprint density at radius 3 is 2.57 bits per heavy atom. The van der Waals surface area contributed by atoms with Crippen LogP contribution in [0.25, 0.3) is 0 Å². The minimum atomic E-state index is 0.0799. The molecule has 1 aromatic rings. The van der Waals surface area contributed by atoms with Gasteiger partial charge in [-0.15, -0.1) is 0 Å². The molecule has 0 aliphatic carbocycles. The van der Waals surface area contributed by atoms with Crippen LogP contribution in [-0.2, 0) is 16.1 Å². The highest BCUT2D eigenvalue weighted by Crippen LogP contribution is 2.18. The minimum Gasteiger partial charge on any atom is -0.339 e. The first-order chi connectivity index (χ1) is 11.0. The fourth-order valence-electron chi connectivity index (χ4n) is 2.97. The average molecular weight is 317 g/mol. The molecule has 1 aromatic carbocycles. The molecule has 0 saturated carbocycles. The van der Waals surface area contributed by atoms with Crippen molar-refractivity contribution in [1.29, 1.82) is 0 Å². The molecule has 1 unspecified atom stereocenters. The van der Waals surface area contributed by atoms with Crippen LogP contribution in [0.3, 0.4) is 0 Å². The molecule has 0 radical (unpaired) electrons. The monoisotopic (exact) mass is 317 g/mol. The quantitative estimate of drug-likeness (QED) is 0.828. The van der Waals surface area contributed by atoms with Crippen molar-refractivity contribution < 1.29 is 9.59 Å². The third-order valence-corrected chi connectivity index (χ3v) is 4.26. The van der Waals surface area contributed by atoms with Crippen molar-refractivity contribution in [2.75, 3.05) is 33.7 Å². The zero-order chi connectivity index (χ0) is 16.8. The Bertz CT molecular complexity index is 530. The number of amides is 2. The topological polar surface area (TPSA) is 43.9 Å². The molecule has 2 amide bonds. The standard InChI is InChI=1S/C18H27N3O2/c1-4-16-13-20(18(23)14-19(2)3)11-10-17(22)21(16)12-15-8-6-5-7-9-15/h5-9,16H,4,10-14H2,1-3H3. The number of benzene rings is 1. The summed E-state index contributed by atoms with van der Waals surface area (Å²) in [5, 5.41) is 0. The molecular weight excluding hydrogens is 290 g/mol. The molecule has 23 heavy (non-hydrogen) atoms. The van der Waals surface area contributed by atoms with Crippen LogP contribution >= 0.6 is 0 Å². The Balaban J connectivity index is 2.11. The van der Waals surface area contributed by atoms with Gasteiger partial charge >= 0.3 is 0 Å². The van der Waals surface area contributed by atoms with Crippen LogP contribution in [-0.4, -0.2) is 66.3 Å². The van der Waals surface area contributed by atoms with Crippen molar-refractivity contribution in [3.8, 4) is 0 Å². The third kappa shape index (κ3) is 4.79. The second-order valence-corrected chi connectivity index (χ2v) is 6.40. The van der Waals surface area contributed by atoms with Crippen LogP contribution in [0.15, 0.2) is 30.3 Å². The van der Waals surface area contributed by atoms with E-state index in [9.17, 15) is 9.59 Å². The third-order valence-electron chi connectivity index (χ3n) is 4.26. The van der Waals surface area contributed by atoms with Crippen molar-refractivity contribution in [1.82, 2.24) is 14.7 Å². The largest absolute Gasteiger partial charge is 0.339 e. The van der Waals surface area contributed by atoms with Gasteiger partial charge in [0.1, 0.15) is 0 Å². The van der Waals surface area contributed by atoms with Crippen LogP contribution < -0.4 is 0 Å². The Labute approximate surface area is 138 Å². The molecule has 1 fully saturated rings. The lowest BCUT2D eigenvalue weighted by Gasteiger charge is -2.31. The Hall–Kier alpha value is -1.88. The van der Waals surface area contributed by atoms with E-state index in [1.54, 1.807) is 0 Å². The van der Waals surface area contributed by atoms with E-state index in [4.69, 9.17) is 0 Å². The number of likely N-dealkylation sites (N-methyl/N-ethyl adjacent to an activating group) is 1. The predicted octanol–water partition coefficient (Wildman–Crippen LogP) is 1.59. The van der Waals surface area contributed by atoms with Gasteiger partial charge in [0.05, 0.1) is 6.54 Å². The van der Waals surface area contributed by atoms with Crippen LogP contribution in [0.2, 0.25) is 0 Å². The average Bonchev–Trinajstić information content (AvgIpc) is 2.68. The summed E-state index contributed by atoms with van der Waals surface area (Å²) in [6.07, 6.45) is 1.26. The summed E-state index contributed by atoms with van der Waals surface area (Å²) in [5.41, 5.74) is 1.13. The molecule has 5 heteroatoms. The summed E-state index contributed by atoms with van der Waals surface area (Å²) < 4.78 is 0. The lowest BCUT2D eigenvalue weighted by Crippen LogP contribution is -2.45. The molecule has 5 nitrogen and oxygen atoms in total. The van der Waals surface area contributed by atoms with Crippen LogP contribution in [0.5, 0.6) is 0 Å². The minimum absolute atomic E-state index is 0.0799. The van der Waals surface area contributed by atoms with Gasteiger partial charge in [-0.2, -0.15) is 0 Å². The van der Waals surface area contributed by atoms with Gasteiger partial charge in [-0.25, -0.2) is 0 Å². The lowest BCUT2D eigenvalue weighted by molar-refractivity contribution is -0.133. The van der Waals surface area contributed by atoms with Crippen molar-refractivity contribution >= 4 is 11.8 Å². The Morgan fingerprint density at radius 1 is 1.26 bits per heavy atom. The summed E-state index contributed by atoms with van der Waals surface area (Å²) in [7, 11) is 3.78. The molecular formula is C18H27N3O2. The van der Waals surface area contributed by atoms with E-state index in [-0.39, 0.29) is 17.9 Å². The van der Waals surface area contributed by atoms with E-state index in [0.717, 1.165) is 12.0 Å². The molecule has 2 rings (SSSR count). The van der Waals surface area contributed by atoms with E-state index in [2.05, 4.69) is 6.92 Å². The first-order valence-corrected chi connectivity index (χ1v) is 8.27. The molecule has 1 atom stereocenters. The molecule has 1 heterocycles. The molecule has 1 aliphatic rings. The maximum Gasteiger partial charge on any atom is 0.236 e. The fourth-order valence-corrected chi connectivity index (χ4v) is 2.97. The van der Waals surface area contributed by atoms with Gasteiger partial charge in [0.2, 0.25) is 11.8 Å². The number of hydrogen-bond acceptors (Lipinski definition) is 3. The molecule has 0 N–H and O–H groups in total. The zero-order valence-electron chi connectivity index (χ0n) is 14.4. The summed E-state index contributed by atoms with van der Waals surface area (Å²) in [6.45, 7) is 4.24. The molecule has 1 aliphatic heterocycles. The number of nitrogens with zero attached hydrogens (tertiary/aromatic N) is 3. The molecule has 1 saturated heterocycles. The summed E-state index contributed by atoms with van der Waals surface area (Å²) in [4.78, 5) is 30.6. The summed E-state index contributed by atoms with van der Waals surface area (Å²) in [6, 6.07) is 10.1. The number of carbonyl (C=O) groups excluding carboxylic acids is 2. The highest BCUT2D eigenvalue weighted by molar-refractivity contribution is 5.81. The van der Waals surface area contributed by atoms with E-state index >= 15 is 0 Å². The summed E-state index contributed by atoms with van der Waals surface area (Å²) in [5.74, 6) is 0.240. The lowest BCUT2D eigenvalue weighted by atomic mass is 10.1. The predicted molar refractivity (Wildman–Crippen MR) is 90.8 cm³/mol. The second-order valence-electron chi connectivity index (χ2n) is 6.40. The highest BCUT2D eigenvalue weighted by Gasteiger charge is 2.30. The van der Waals surface area contributed by atoms with Gasteiger partial charge in [0.15, 0.2) is 0 Å². The first kappa shape index (κ1) is 17.5. The van der Waals surface area contributed by atoms with Crippen molar-refractivity contribution in [2.45, 2.75) is 32.4 Å². The van der Waals surface area contributed by atoms with E-state index in [0.29, 0.717) is 32.6 Å². The molecule has 126 valence electrons. The van der Waals surface area contributed by atoms with Gasteiger partial charge in [-0.05, 0) is 26.1 Å². The van der Waals surface area contributed by atoms with E-state index in [1.165, 1.54) is 0 Å². The van der Waals surface area contributed by atoms with Crippen LogP contribution in [0.1, 0.15) is 25.3 Å². The van der Waals surface area contributed by atoms with Crippen LogP contribution in [0, 0.1) is 0 Å². The Kier molecular flexibility index (Phi) is 6.16. The maximum atomic E-state index is 12.6.